The van der Waals surface area contributed by atoms with E-state index in [1.54, 1.807) is 0 Å². The second-order valence-corrected chi connectivity index (χ2v) is 1.99. The van der Waals surface area contributed by atoms with Crippen molar-refractivity contribution in [1.82, 2.24) is 0 Å². The molecule has 13 heavy (non-hydrogen) atoms. The highest BCUT2D eigenvalue weighted by molar-refractivity contribution is 5.76. The Morgan fingerprint density at radius 2 is 1.54 bits per heavy atom. The summed E-state index contributed by atoms with van der Waals surface area (Å²) in [5, 5.41) is 15.5. The maximum atomic E-state index is 10.2. The van der Waals surface area contributed by atoms with Crippen molar-refractivity contribution in [2.75, 3.05) is 7.11 Å². The number of carbonyl (C=O) groups excluding carboxylic acids is 1. The number of carboxylic acid groups (broad SMARTS) is 2. The molecule has 0 atom stereocenters. The Hall–Kier alpha value is -1.59. The molecule has 6 heteroatoms. The van der Waals surface area contributed by atoms with Crippen LogP contribution >= 0.6 is 0 Å². The molecule has 0 amide bonds. The van der Waals surface area contributed by atoms with Gasteiger partial charge in [0, 0.05) is 6.92 Å². The summed E-state index contributed by atoms with van der Waals surface area (Å²) in [5.41, 5.74) is 0. The zero-order valence-corrected chi connectivity index (χ0v) is 7.44. The lowest BCUT2D eigenvalue weighted by Gasteiger charge is -1.92. The number of carboxylic acids is 2. The first-order chi connectivity index (χ1) is 5.90. The Balaban J connectivity index is 0. The normalized spacial score (nSPS) is 7.85. The van der Waals surface area contributed by atoms with E-state index < -0.39 is 17.9 Å². The standard InChI is InChI=1S/C5H8O4.C2H4O2/c1-9-5(8)3-2-4(6)7;1-2(3)4/h2-3H2,1H3,(H,6,7);1H3,(H,3,4). The number of rotatable bonds is 3. The van der Waals surface area contributed by atoms with Crippen molar-refractivity contribution in [2.45, 2.75) is 19.8 Å². The lowest BCUT2D eigenvalue weighted by Crippen LogP contribution is -2.04. The third-order valence-corrected chi connectivity index (χ3v) is 0.771. The summed E-state index contributed by atoms with van der Waals surface area (Å²) >= 11 is 0. The fourth-order valence-electron chi connectivity index (χ4n) is 0.311. The average Bonchev–Trinajstić information content (AvgIpc) is 1.99. The predicted molar refractivity (Wildman–Crippen MR) is 42.2 cm³/mol. The van der Waals surface area contributed by atoms with Crippen molar-refractivity contribution < 1.29 is 29.3 Å². The summed E-state index contributed by atoms with van der Waals surface area (Å²) in [6.45, 7) is 1.08. The molecule has 0 aromatic heterocycles. The molecule has 0 fully saturated rings. The van der Waals surface area contributed by atoms with Crippen LogP contribution in [0, 0.1) is 0 Å². The molecule has 0 heterocycles. The summed E-state index contributed by atoms with van der Waals surface area (Å²) in [5.74, 6) is -2.31. The van der Waals surface area contributed by atoms with Gasteiger partial charge in [0.1, 0.15) is 0 Å². The van der Waals surface area contributed by atoms with Gasteiger partial charge in [0.2, 0.25) is 0 Å². The fourth-order valence-corrected chi connectivity index (χ4v) is 0.311. The first-order valence-electron chi connectivity index (χ1n) is 3.38. The number of esters is 1. The van der Waals surface area contributed by atoms with Crippen molar-refractivity contribution in [3.8, 4) is 0 Å². The van der Waals surface area contributed by atoms with Crippen LogP contribution in [0.4, 0.5) is 0 Å². The van der Waals surface area contributed by atoms with Crippen LogP contribution in [-0.2, 0) is 19.1 Å². The molecule has 0 unspecified atom stereocenters. The molecular weight excluding hydrogens is 180 g/mol. The van der Waals surface area contributed by atoms with E-state index in [0.717, 1.165) is 6.92 Å². The number of carbonyl (C=O) groups is 3. The Morgan fingerprint density at radius 1 is 1.15 bits per heavy atom. The van der Waals surface area contributed by atoms with Crippen LogP contribution in [0.2, 0.25) is 0 Å². The minimum absolute atomic E-state index is 0.0498. The van der Waals surface area contributed by atoms with E-state index in [9.17, 15) is 9.59 Å². The zero-order valence-electron chi connectivity index (χ0n) is 7.44. The Labute approximate surface area is 75.1 Å². The van der Waals surface area contributed by atoms with Crippen molar-refractivity contribution in [3.05, 3.63) is 0 Å². The smallest absolute Gasteiger partial charge is 0.306 e. The lowest BCUT2D eigenvalue weighted by molar-refractivity contribution is -0.145. The molecule has 0 saturated heterocycles. The van der Waals surface area contributed by atoms with Crippen molar-refractivity contribution >= 4 is 17.9 Å². The van der Waals surface area contributed by atoms with Gasteiger partial charge in [0.25, 0.3) is 5.97 Å². The molecule has 0 aliphatic heterocycles. The van der Waals surface area contributed by atoms with Gasteiger partial charge in [-0.2, -0.15) is 0 Å². The average molecular weight is 192 g/mol. The zero-order chi connectivity index (χ0) is 10.9. The van der Waals surface area contributed by atoms with E-state index in [1.165, 1.54) is 7.11 Å². The quantitative estimate of drug-likeness (QED) is 0.615. The van der Waals surface area contributed by atoms with Crippen LogP contribution < -0.4 is 0 Å². The summed E-state index contributed by atoms with van der Waals surface area (Å²) in [6, 6.07) is 0. The van der Waals surface area contributed by atoms with E-state index in [-0.39, 0.29) is 12.8 Å². The number of hydrogen-bond acceptors (Lipinski definition) is 4. The van der Waals surface area contributed by atoms with Gasteiger partial charge in [-0.15, -0.1) is 0 Å². The van der Waals surface area contributed by atoms with Gasteiger partial charge in [-0.05, 0) is 0 Å². The second kappa shape index (κ2) is 8.51. The highest BCUT2D eigenvalue weighted by Gasteiger charge is 2.02. The number of methoxy groups -OCH3 is 1. The first-order valence-corrected chi connectivity index (χ1v) is 3.38. The number of ether oxygens (including phenoxy) is 1. The highest BCUT2D eigenvalue weighted by Crippen LogP contribution is 1.89. The highest BCUT2D eigenvalue weighted by atomic mass is 16.5. The van der Waals surface area contributed by atoms with E-state index in [2.05, 4.69) is 4.74 Å². The van der Waals surface area contributed by atoms with Gasteiger partial charge < -0.3 is 14.9 Å². The molecular formula is C7H12O6. The number of hydrogen-bond donors (Lipinski definition) is 2. The molecule has 0 bridgehead atoms. The maximum Gasteiger partial charge on any atom is 0.306 e. The predicted octanol–water partition coefficient (Wildman–Crippen LogP) is 0.115. The molecule has 76 valence electrons. The molecule has 6 nitrogen and oxygen atoms in total. The van der Waals surface area contributed by atoms with Gasteiger partial charge in [0.15, 0.2) is 0 Å². The molecule has 0 aliphatic rings. The van der Waals surface area contributed by atoms with E-state index >= 15 is 0 Å². The molecule has 0 radical (unpaired) electrons. The van der Waals surface area contributed by atoms with Crippen molar-refractivity contribution in [3.63, 3.8) is 0 Å². The van der Waals surface area contributed by atoms with Crippen LogP contribution in [0.3, 0.4) is 0 Å². The minimum Gasteiger partial charge on any atom is -0.481 e. The Bertz CT molecular complexity index is 181. The topological polar surface area (TPSA) is 101 Å². The molecule has 0 spiro atoms. The van der Waals surface area contributed by atoms with E-state index in [1.807, 2.05) is 0 Å². The second-order valence-electron chi connectivity index (χ2n) is 1.99. The van der Waals surface area contributed by atoms with Crippen LogP contribution in [0.5, 0.6) is 0 Å². The van der Waals surface area contributed by atoms with Gasteiger partial charge in [-0.1, -0.05) is 0 Å². The Morgan fingerprint density at radius 3 is 1.77 bits per heavy atom. The fraction of sp³-hybridized carbons (Fsp3) is 0.571. The number of aliphatic carboxylic acids is 2. The maximum absolute atomic E-state index is 10.2. The molecule has 0 rings (SSSR count). The molecule has 0 aromatic rings. The van der Waals surface area contributed by atoms with Crippen LogP contribution in [0.1, 0.15) is 19.8 Å². The third kappa shape index (κ3) is 25.2. The van der Waals surface area contributed by atoms with Crippen molar-refractivity contribution in [1.29, 1.82) is 0 Å². The van der Waals surface area contributed by atoms with Crippen LogP contribution in [-0.4, -0.2) is 35.2 Å². The molecule has 0 saturated carbocycles. The van der Waals surface area contributed by atoms with Gasteiger partial charge in [-0.3, -0.25) is 14.4 Å². The van der Waals surface area contributed by atoms with Gasteiger partial charge in [-0.25, -0.2) is 0 Å². The molecule has 2 N–H and O–H groups in total. The minimum atomic E-state index is -0.986. The third-order valence-electron chi connectivity index (χ3n) is 0.771. The summed E-state index contributed by atoms with van der Waals surface area (Å²) in [7, 11) is 1.23. The summed E-state index contributed by atoms with van der Waals surface area (Å²) in [4.78, 5) is 29.0. The molecule has 0 aromatic carbocycles. The summed E-state index contributed by atoms with van der Waals surface area (Å²) in [6.07, 6.45) is -0.210. The van der Waals surface area contributed by atoms with E-state index in [0.29, 0.717) is 0 Å². The van der Waals surface area contributed by atoms with E-state index in [4.69, 9.17) is 15.0 Å². The van der Waals surface area contributed by atoms with Crippen LogP contribution in [0.15, 0.2) is 0 Å². The Kier molecular flexibility index (Phi) is 9.14. The lowest BCUT2D eigenvalue weighted by atomic mass is 10.3. The first kappa shape index (κ1) is 14.0. The van der Waals surface area contributed by atoms with Gasteiger partial charge >= 0.3 is 11.9 Å². The SMILES string of the molecule is CC(=O)O.COC(=O)CCC(=O)O. The molecule has 0 aliphatic carbocycles. The van der Waals surface area contributed by atoms with Crippen LogP contribution in [0.25, 0.3) is 0 Å². The van der Waals surface area contributed by atoms with Gasteiger partial charge in [0.05, 0.1) is 20.0 Å². The largest absolute Gasteiger partial charge is 0.481 e. The monoisotopic (exact) mass is 192 g/mol. The summed E-state index contributed by atoms with van der Waals surface area (Å²) < 4.78 is 4.20. The van der Waals surface area contributed by atoms with Crippen molar-refractivity contribution in [2.24, 2.45) is 0 Å².